The molecule has 0 spiro atoms. The molecule has 3 rings (SSSR count). The van der Waals surface area contributed by atoms with E-state index in [1.807, 2.05) is 24.3 Å². The Morgan fingerprint density at radius 2 is 1.86 bits per heavy atom. The fourth-order valence-electron chi connectivity index (χ4n) is 2.99. The average molecular weight is 290 g/mol. The van der Waals surface area contributed by atoms with Crippen LogP contribution in [0.15, 0.2) is 24.3 Å². The van der Waals surface area contributed by atoms with Gasteiger partial charge >= 0.3 is 12.0 Å². The molecular weight excluding hydrogens is 272 g/mol. The summed E-state index contributed by atoms with van der Waals surface area (Å²) in [5.41, 5.74) is 2.30. The lowest BCUT2D eigenvalue weighted by Crippen LogP contribution is -2.48. The van der Waals surface area contributed by atoms with Gasteiger partial charge in [-0.15, -0.1) is 0 Å². The number of hydrogen-bond acceptors (Lipinski definition) is 3. The van der Waals surface area contributed by atoms with Gasteiger partial charge in [0.15, 0.2) is 0 Å². The lowest BCUT2D eigenvalue weighted by Gasteiger charge is -2.30. The molecule has 0 bridgehead atoms. The van der Waals surface area contributed by atoms with Crippen molar-refractivity contribution in [2.75, 3.05) is 20.3 Å². The molecule has 6 nitrogen and oxygen atoms in total. The largest absolute Gasteiger partial charge is 0.481 e. The van der Waals surface area contributed by atoms with Crippen molar-refractivity contribution in [3.63, 3.8) is 0 Å². The van der Waals surface area contributed by atoms with Crippen LogP contribution in [0.5, 0.6) is 0 Å². The lowest BCUT2D eigenvalue weighted by atomic mass is 10.0. The van der Waals surface area contributed by atoms with Crippen LogP contribution in [-0.2, 0) is 22.6 Å². The molecule has 6 heteroatoms. The summed E-state index contributed by atoms with van der Waals surface area (Å²) < 4.78 is 5.23. The summed E-state index contributed by atoms with van der Waals surface area (Å²) in [7, 11) is 1.65. The Hall–Kier alpha value is -2.08. The van der Waals surface area contributed by atoms with E-state index in [4.69, 9.17) is 4.74 Å². The number of amides is 2. The molecule has 0 aromatic heterocycles. The maximum absolute atomic E-state index is 12.6. The highest BCUT2D eigenvalue weighted by molar-refractivity contribution is 5.77. The van der Waals surface area contributed by atoms with Gasteiger partial charge in [0.1, 0.15) is 5.92 Å². The lowest BCUT2D eigenvalue weighted by molar-refractivity contribution is -0.142. The van der Waals surface area contributed by atoms with Crippen LogP contribution in [-0.4, -0.2) is 53.2 Å². The van der Waals surface area contributed by atoms with Crippen molar-refractivity contribution in [3.8, 4) is 0 Å². The first-order valence-corrected chi connectivity index (χ1v) is 6.97. The highest BCUT2D eigenvalue weighted by Gasteiger charge is 2.40. The summed E-state index contributed by atoms with van der Waals surface area (Å²) in [5.74, 6) is -1.56. The van der Waals surface area contributed by atoms with Crippen LogP contribution < -0.4 is 0 Å². The molecule has 0 radical (unpaired) electrons. The molecule has 2 heterocycles. The molecule has 2 unspecified atom stereocenters. The third-order valence-corrected chi connectivity index (χ3v) is 4.28. The van der Waals surface area contributed by atoms with Crippen molar-refractivity contribution < 1.29 is 19.4 Å². The second-order valence-corrected chi connectivity index (χ2v) is 5.57. The minimum absolute atomic E-state index is 0.145. The zero-order chi connectivity index (χ0) is 15.0. The van der Waals surface area contributed by atoms with Gasteiger partial charge in [-0.3, -0.25) is 4.79 Å². The number of carbonyl (C=O) groups excluding carboxylic acids is 1. The second-order valence-electron chi connectivity index (χ2n) is 5.57. The number of carboxylic acid groups (broad SMARTS) is 1. The SMILES string of the molecule is CN(C(=O)N1Cc2ccccc2C1)C1COCC1C(=O)O. The van der Waals surface area contributed by atoms with E-state index in [1.54, 1.807) is 11.9 Å². The van der Waals surface area contributed by atoms with Crippen molar-refractivity contribution in [3.05, 3.63) is 35.4 Å². The third kappa shape index (κ3) is 2.47. The highest BCUT2D eigenvalue weighted by Crippen LogP contribution is 2.26. The fraction of sp³-hybridized carbons (Fsp3) is 0.467. The Balaban J connectivity index is 1.70. The Bertz CT molecular complexity index is 550. The number of rotatable bonds is 2. The topological polar surface area (TPSA) is 70.1 Å². The predicted octanol–water partition coefficient (Wildman–Crippen LogP) is 1.15. The van der Waals surface area contributed by atoms with Gasteiger partial charge in [0.25, 0.3) is 0 Å². The quantitative estimate of drug-likeness (QED) is 0.887. The monoisotopic (exact) mass is 290 g/mol. The summed E-state index contributed by atoms with van der Waals surface area (Å²) in [4.78, 5) is 27.0. The van der Waals surface area contributed by atoms with Crippen molar-refractivity contribution in [2.24, 2.45) is 5.92 Å². The van der Waals surface area contributed by atoms with Crippen LogP contribution in [0.2, 0.25) is 0 Å². The van der Waals surface area contributed by atoms with Gasteiger partial charge in [-0.1, -0.05) is 24.3 Å². The van der Waals surface area contributed by atoms with Gasteiger partial charge in [0.2, 0.25) is 0 Å². The molecular formula is C15H18N2O4. The van der Waals surface area contributed by atoms with Gasteiger partial charge in [-0.25, -0.2) is 4.79 Å². The number of carboxylic acids is 1. The van der Waals surface area contributed by atoms with Crippen LogP contribution in [0.1, 0.15) is 11.1 Å². The molecule has 1 fully saturated rings. The number of urea groups is 1. The van der Waals surface area contributed by atoms with E-state index in [0.29, 0.717) is 13.1 Å². The van der Waals surface area contributed by atoms with E-state index < -0.39 is 17.9 Å². The summed E-state index contributed by atoms with van der Waals surface area (Å²) in [6, 6.07) is 7.40. The number of benzene rings is 1. The smallest absolute Gasteiger partial charge is 0.320 e. The Morgan fingerprint density at radius 3 is 2.43 bits per heavy atom. The first kappa shape index (κ1) is 13.9. The molecule has 1 aromatic carbocycles. The number of likely N-dealkylation sites (N-methyl/N-ethyl adjacent to an activating group) is 1. The van der Waals surface area contributed by atoms with E-state index >= 15 is 0 Å². The minimum atomic E-state index is -0.915. The Kier molecular flexibility index (Phi) is 3.55. The van der Waals surface area contributed by atoms with Gasteiger partial charge in [-0.2, -0.15) is 0 Å². The number of aliphatic carboxylic acids is 1. The zero-order valence-corrected chi connectivity index (χ0v) is 11.9. The van der Waals surface area contributed by atoms with E-state index in [9.17, 15) is 14.7 Å². The maximum Gasteiger partial charge on any atom is 0.320 e. The predicted molar refractivity (Wildman–Crippen MR) is 74.6 cm³/mol. The number of nitrogens with zero attached hydrogens (tertiary/aromatic N) is 2. The second kappa shape index (κ2) is 5.37. The Labute approximate surface area is 122 Å². The fourth-order valence-corrected chi connectivity index (χ4v) is 2.99. The molecule has 2 atom stereocenters. The van der Waals surface area contributed by atoms with Crippen molar-refractivity contribution in [1.82, 2.24) is 9.80 Å². The molecule has 1 aromatic rings. The van der Waals surface area contributed by atoms with Crippen LogP contribution >= 0.6 is 0 Å². The molecule has 112 valence electrons. The zero-order valence-electron chi connectivity index (χ0n) is 11.9. The minimum Gasteiger partial charge on any atom is -0.481 e. The number of hydrogen-bond donors (Lipinski definition) is 1. The van der Waals surface area contributed by atoms with Gasteiger partial charge in [0, 0.05) is 20.1 Å². The van der Waals surface area contributed by atoms with E-state index in [1.165, 1.54) is 4.90 Å². The normalized spacial score (nSPS) is 24.0. The van der Waals surface area contributed by atoms with Crippen LogP contribution in [0.3, 0.4) is 0 Å². The summed E-state index contributed by atoms with van der Waals surface area (Å²) in [6.07, 6.45) is 0. The summed E-state index contributed by atoms with van der Waals surface area (Å²) in [5, 5.41) is 9.19. The molecule has 2 aliphatic heterocycles. The number of fused-ring (bicyclic) bond motifs is 1. The molecule has 0 saturated carbocycles. The Morgan fingerprint density at radius 1 is 1.24 bits per heavy atom. The molecule has 0 aliphatic carbocycles. The molecule has 1 saturated heterocycles. The van der Waals surface area contributed by atoms with E-state index in [0.717, 1.165) is 11.1 Å². The van der Waals surface area contributed by atoms with E-state index in [2.05, 4.69) is 0 Å². The summed E-state index contributed by atoms with van der Waals surface area (Å²) in [6.45, 7) is 1.59. The van der Waals surface area contributed by atoms with Crippen LogP contribution in [0.4, 0.5) is 4.79 Å². The summed E-state index contributed by atoms with van der Waals surface area (Å²) >= 11 is 0. The van der Waals surface area contributed by atoms with E-state index in [-0.39, 0.29) is 19.2 Å². The van der Waals surface area contributed by atoms with Gasteiger partial charge in [0.05, 0.1) is 19.3 Å². The van der Waals surface area contributed by atoms with Crippen molar-refractivity contribution >= 4 is 12.0 Å². The molecule has 1 N–H and O–H groups in total. The molecule has 2 amide bonds. The van der Waals surface area contributed by atoms with Gasteiger partial charge in [-0.05, 0) is 11.1 Å². The molecule has 21 heavy (non-hydrogen) atoms. The maximum atomic E-state index is 12.6. The number of ether oxygens (including phenoxy) is 1. The van der Waals surface area contributed by atoms with Crippen LogP contribution in [0.25, 0.3) is 0 Å². The first-order valence-electron chi connectivity index (χ1n) is 6.97. The van der Waals surface area contributed by atoms with Gasteiger partial charge < -0.3 is 19.6 Å². The van der Waals surface area contributed by atoms with Crippen molar-refractivity contribution in [2.45, 2.75) is 19.1 Å². The van der Waals surface area contributed by atoms with Crippen LogP contribution in [0, 0.1) is 5.92 Å². The highest BCUT2D eigenvalue weighted by atomic mass is 16.5. The standard InChI is InChI=1S/C15H18N2O4/c1-16(13-9-21-8-12(13)14(18)19)15(20)17-6-10-4-2-3-5-11(10)7-17/h2-5,12-13H,6-9H2,1H3,(H,18,19). The molecule has 2 aliphatic rings. The number of carbonyl (C=O) groups is 2. The average Bonchev–Trinajstić information content (AvgIpc) is 3.11. The van der Waals surface area contributed by atoms with Crippen molar-refractivity contribution in [1.29, 1.82) is 0 Å². The third-order valence-electron chi connectivity index (χ3n) is 4.28. The first-order chi connectivity index (χ1) is 10.1.